The third kappa shape index (κ3) is 2.16. The van der Waals surface area contributed by atoms with E-state index in [0.717, 1.165) is 0 Å². The van der Waals surface area contributed by atoms with Gasteiger partial charge in [-0.25, -0.2) is 0 Å². The molecule has 0 saturated heterocycles. The second-order valence-electron chi connectivity index (χ2n) is 3.35. The van der Waals surface area contributed by atoms with Crippen molar-refractivity contribution in [2.75, 3.05) is 0 Å². The standard InChI is InChI=1S/C6H16N2S/c1-5(2,7)6(3,4)9-8/h7-8H2,1-4H3. The average molecular weight is 148 g/mol. The van der Waals surface area contributed by atoms with Crippen LogP contribution in [0, 0.1) is 0 Å². The Labute approximate surface area is 61.5 Å². The van der Waals surface area contributed by atoms with E-state index in [1.165, 1.54) is 11.9 Å². The van der Waals surface area contributed by atoms with Crippen LogP contribution in [0.15, 0.2) is 0 Å². The Morgan fingerprint density at radius 2 is 1.44 bits per heavy atom. The lowest BCUT2D eigenvalue weighted by molar-refractivity contribution is 0.412. The third-order valence-corrected chi connectivity index (χ3v) is 2.96. The van der Waals surface area contributed by atoms with Crippen LogP contribution >= 0.6 is 11.9 Å². The van der Waals surface area contributed by atoms with Gasteiger partial charge in [0, 0.05) is 10.3 Å². The van der Waals surface area contributed by atoms with Crippen LogP contribution in [0.2, 0.25) is 0 Å². The molecule has 3 heteroatoms. The Morgan fingerprint density at radius 3 is 1.44 bits per heavy atom. The molecule has 0 saturated carbocycles. The topological polar surface area (TPSA) is 52.0 Å². The summed E-state index contributed by atoms with van der Waals surface area (Å²) in [5.74, 6) is 0. The fraction of sp³-hybridized carbons (Fsp3) is 1.00. The molecule has 2 nitrogen and oxygen atoms in total. The van der Waals surface area contributed by atoms with Crippen molar-refractivity contribution in [1.29, 1.82) is 0 Å². The minimum absolute atomic E-state index is 0.0486. The van der Waals surface area contributed by atoms with E-state index >= 15 is 0 Å². The molecule has 0 aliphatic rings. The molecule has 56 valence electrons. The highest BCUT2D eigenvalue weighted by atomic mass is 32.2. The largest absolute Gasteiger partial charge is 0.324 e. The maximum Gasteiger partial charge on any atom is 0.0420 e. The normalized spacial score (nSPS) is 14.0. The summed E-state index contributed by atoms with van der Waals surface area (Å²) in [6.07, 6.45) is 0. The Kier molecular flexibility index (Phi) is 2.56. The van der Waals surface area contributed by atoms with Crippen molar-refractivity contribution in [1.82, 2.24) is 0 Å². The molecular weight excluding hydrogens is 132 g/mol. The Morgan fingerprint density at radius 1 is 1.11 bits per heavy atom. The van der Waals surface area contributed by atoms with Gasteiger partial charge in [0.05, 0.1) is 0 Å². The van der Waals surface area contributed by atoms with Gasteiger partial charge in [0.25, 0.3) is 0 Å². The summed E-state index contributed by atoms with van der Waals surface area (Å²) < 4.78 is -0.0486. The zero-order valence-corrected chi connectivity index (χ0v) is 7.38. The first-order valence-electron chi connectivity index (χ1n) is 2.98. The van der Waals surface area contributed by atoms with Crippen molar-refractivity contribution in [2.24, 2.45) is 10.9 Å². The fourth-order valence-electron chi connectivity index (χ4n) is 0.152. The van der Waals surface area contributed by atoms with Crippen LogP contribution in [-0.2, 0) is 0 Å². The molecule has 0 bridgehead atoms. The summed E-state index contributed by atoms with van der Waals surface area (Å²) in [6, 6.07) is 0. The van der Waals surface area contributed by atoms with E-state index in [4.69, 9.17) is 10.9 Å². The molecule has 0 atom stereocenters. The predicted molar refractivity (Wildman–Crippen MR) is 44.1 cm³/mol. The Balaban J connectivity index is 4.14. The molecule has 0 amide bonds. The van der Waals surface area contributed by atoms with Gasteiger partial charge >= 0.3 is 0 Å². The summed E-state index contributed by atoms with van der Waals surface area (Å²) in [7, 11) is 0. The zero-order valence-electron chi connectivity index (χ0n) is 6.56. The predicted octanol–water partition coefficient (Wildman–Crippen LogP) is 1.11. The molecule has 0 fully saturated rings. The monoisotopic (exact) mass is 148 g/mol. The molecule has 0 aromatic rings. The maximum atomic E-state index is 5.82. The number of nitrogens with two attached hydrogens (primary N) is 2. The maximum absolute atomic E-state index is 5.82. The van der Waals surface area contributed by atoms with Gasteiger partial charge in [-0.2, -0.15) is 0 Å². The number of rotatable bonds is 2. The van der Waals surface area contributed by atoms with Crippen molar-refractivity contribution >= 4 is 11.9 Å². The SMILES string of the molecule is CC(C)(N)C(C)(C)SN. The molecular formula is C6H16N2S. The minimum atomic E-state index is -0.216. The van der Waals surface area contributed by atoms with Crippen molar-refractivity contribution < 1.29 is 0 Å². The van der Waals surface area contributed by atoms with Crippen LogP contribution in [0.25, 0.3) is 0 Å². The molecule has 0 spiro atoms. The minimum Gasteiger partial charge on any atom is -0.324 e. The molecule has 0 aliphatic carbocycles. The molecule has 4 N–H and O–H groups in total. The summed E-state index contributed by atoms with van der Waals surface area (Å²) in [5.41, 5.74) is 5.61. The highest BCUT2D eigenvalue weighted by molar-refractivity contribution is 7.98. The molecule has 0 aromatic carbocycles. The van der Waals surface area contributed by atoms with Crippen LogP contribution in [-0.4, -0.2) is 10.3 Å². The van der Waals surface area contributed by atoms with Gasteiger partial charge < -0.3 is 5.73 Å². The van der Waals surface area contributed by atoms with Gasteiger partial charge in [0.1, 0.15) is 0 Å². The first kappa shape index (κ1) is 9.27. The second-order valence-corrected chi connectivity index (χ2v) is 4.61. The van der Waals surface area contributed by atoms with Crippen LogP contribution in [0.5, 0.6) is 0 Å². The van der Waals surface area contributed by atoms with E-state index in [2.05, 4.69) is 0 Å². The van der Waals surface area contributed by atoms with Crippen molar-refractivity contribution in [3.63, 3.8) is 0 Å². The van der Waals surface area contributed by atoms with Crippen LogP contribution in [0.3, 0.4) is 0 Å². The summed E-state index contributed by atoms with van der Waals surface area (Å²) in [4.78, 5) is 0. The van der Waals surface area contributed by atoms with Gasteiger partial charge in [0.15, 0.2) is 0 Å². The van der Waals surface area contributed by atoms with Crippen molar-refractivity contribution in [2.45, 2.75) is 38.0 Å². The van der Waals surface area contributed by atoms with Gasteiger partial charge in [0.2, 0.25) is 0 Å². The number of hydrogen-bond donors (Lipinski definition) is 2. The van der Waals surface area contributed by atoms with E-state index in [0.29, 0.717) is 0 Å². The van der Waals surface area contributed by atoms with Gasteiger partial charge in [-0.1, -0.05) is 11.9 Å². The van der Waals surface area contributed by atoms with Crippen LogP contribution < -0.4 is 10.9 Å². The highest BCUT2D eigenvalue weighted by Crippen LogP contribution is 2.29. The van der Waals surface area contributed by atoms with Crippen molar-refractivity contribution in [3.05, 3.63) is 0 Å². The van der Waals surface area contributed by atoms with Crippen LogP contribution in [0.1, 0.15) is 27.7 Å². The first-order chi connectivity index (χ1) is 3.81. The van der Waals surface area contributed by atoms with E-state index in [-0.39, 0.29) is 10.3 Å². The molecule has 9 heavy (non-hydrogen) atoms. The molecule has 0 unspecified atom stereocenters. The summed E-state index contributed by atoms with van der Waals surface area (Å²) in [6.45, 7) is 8.04. The van der Waals surface area contributed by atoms with Crippen LogP contribution in [0.4, 0.5) is 0 Å². The highest BCUT2D eigenvalue weighted by Gasteiger charge is 2.32. The van der Waals surface area contributed by atoms with Gasteiger partial charge in [-0.3, -0.25) is 5.14 Å². The fourth-order valence-corrected chi connectivity index (χ4v) is 0.456. The zero-order chi connectivity index (χ0) is 7.71. The smallest absolute Gasteiger partial charge is 0.0420 e. The Hall–Kier alpha value is 0.270. The molecule has 0 heterocycles. The van der Waals surface area contributed by atoms with E-state index in [1.54, 1.807) is 0 Å². The van der Waals surface area contributed by atoms with E-state index in [1.807, 2.05) is 27.7 Å². The first-order valence-corrected chi connectivity index (χ1v) is 3.86. The van der Waals surface area contributed by atoms with Gasteiger partial charge in [-0.05, 0) is 27.7 Å². The lowest BCUT2D eigenvalue weighted by atomic mass is 9.91. The van der Waals surface area contributed by atoms with E-state index in [9.17, 15) is 0 Å². The lowest BCUT2D eigenvalue weighted by Crippen LogP contribution is -2.50. The molecule has 0 aromatic heterocycles. The molecule has 0 rings (SSSR count). The molecule has 0 aliphatic heterocycles. The molecule has 0 radical (unpaired) electrons. The number of hydrogen-bond acceptors (Lipinski definition) is 3. The second kappa shape index (κ2) is 2.48. The summed E-state index contributed by atoms with van der Waals surface area (Å²) in [5, 5.41) is 5.43. The lowest BCUT2D eigenvalue weighted by Gasteiger charge is -2.36. The van der Waals surface area contributed by atoms with Crippen molar-refractivity contribution in [3.8, 4) is 0 Å². The average Bonchev–Trinajstić information content (AvgIpc) is 1.64. The van der Waals surface area contributed by atoms with Gasteiger partial charge in [-0.15, -0.1) is 0 Å². The van der Waals surface area contributed by atoms with E-state index < -0.39 is 0 Å². The quantitative estimate of drug-likeness (QED) is 0.577. The summed E-state index contributed by atoms with van der Waals surface area (Å²) >= 11 is 1.31. The third-order valence-electron chi connectivity index (χ3n) is 1.85. The Bertz CT molecular complexity index is 93.7.